The minimum atomic E-state index is -0.903. The molecule has 86 valence electrons. The van der Waals surface area contributed by atoms with E-state index >= 15 is 0 Å². The third-order valence-corrected chi connectivity index (χ3v) is 3.00. The third kappa shape index (κ3) is 2.86. The largest absolute Gasteiger partial charge is 0.481 e. The number of rotatable bonds is 4. The van der Waals surface area contributed by atoms with Gasteiger partial charge in [0.15, 0.2) is 0 Å². The summed E-state index contributed by atoms with van der Waals surface area (Å²) in [6, 6.07) is 7.34. The second-order valence-corrected chi connectivity index (χ2v) is 4.77. The maximum Gasteiger partial charge on any atom is 0.313 e. The van der Waals surface area contributed by atoms with E-state index in [-0.39, 0.29) is 0 Å². The topological polar surface area (TPSA) is 37.3 Å². The molecule has 1 aromatic rings. The molecule has 0 fully saturated rings. The lowest BCUT2D eigenvalue weighted by atomic mass is 9.82. The summed E-state index contributed by atoms with van der Waals surface area (Å²) in [5.74, 6) is -0.855. The van der Waals surface area contributed by atoms with E-state index in [1.54, 1.807) is 26.0 Å². The van der Waals surface area contributed by atoms with Gasteiger partial charge in [0.05, 0.1) is 5.41 Å². The number of aliphatic carboxylic acids is 1. The van der Waals surface area contributed by atoms with E-state index in [0.717, 1.165) is 5.56 Å². The summed E-state index contributed by atoms with van der Waals surface area (Å²) in [6.45, 7) is 7.17. The Balaban J connectivity index is 2.79. The van der Waals surface area contributed by atoms with Crippen molar-refractivity contribution in [3.63, 3.8) is 0 Å². The number of carboxylic acids is 1. The lowest BCUT2D eigenvalue weighted by Gasteiger charge is -2.22. The van der Waals surface area contributed by atoms with Crippen LogP contribution in [0.25, 0.3) is 0 Å². The van der Waals surface area contributed by atoms with Crippen LogP contribution in [-0.2, 0) is 11.2 Å². The zero-order valence-electron chi connectivity index (χ0n) is 9.46. The van der Waals surface area contributed by atoms with E-state index in [9.17, 15) is 4.79 Å². The highest BCUT2D eigenvalue weighted by atomic mass is 35.5. The minimum Gasteiger partial charge on any atom is -0.481 e. The number of hydrogen-bond donors (Lipinski definition) is 1. The van der Waals surface area contributed by atoms with Gasteiger partial charge >= 0.3 is 5.97 Å². The molecule has 0 saturated carbocycles. The lowest BCUT2D eigenvalue weighted by Crippen LogP contribution is -2.26. The molecule has 0 aliphatic rings. The summed E-state index contributed by atoms with van der Waals surface area (Å²) < 4.78 is 0. The molecule has 3 heteroatoms. The molecular weight excluding hydrogens is 224 g/mol. The minimum absolute atomic E-state index is 0.552. The number of hydrogen-bond acceptors (Lipinski definition) is 1. The van der Waals surface area contributed by atoms with Crippen molar-refractivity contribution in [1.82, 2.24) is 0 Å². The predicted molar refractivity (Wildman–Crippen MR) is 65.7 cm³/mol. The molecule has 0 spiro atoms. The van der Waals surface area contributed by atoms with Crippen molar-refractivity contribution < 1.29 is 9.90 Å². The van der Waals surface area contributed by atoms with Gasteiger partial charge in [0.2, 0.25) is 0 Å². The van der Waals surface area contributed by atoms with Gasteiger partial charge in [-0.2, -0.15) is 0 Å². The number of benzene rings is 1. The van der Waals surface area contributed by atoms with Crippen molar-refractivity contribution in [2.24, 2.45) is 5.41 Å². The molecule has 1 rings (SSSR count). The Labute approximate surface area is 101 Å². The fourth-order valence-electron chi connectivity index (χ4n) is 1.22. The Morgan fingerprint density at radius 2 is 1.88 bits per heavy atom. The van der Waals surface area contributed by atoms with Crippen LogP contribution in [0.3, 0.4) is 0 Å². The van der Waals surface area contributed by atoms with Crippen LogP contribution < -0.4 is 0 Å². The van der Waals surface area contributed by atoms with Crippen molar-refractivity contribution in [2.45, 2.75) is 20.3 Å². The van der Waals surface area contributed by atoms with E-state index in [1.165, 1.54) is 0 Å². The van der Waals surface area contributed by atoms with Crippen LogP contribution in [0.4, 0.5) is 0 Å². The zero-order chi connectivity index (χ0) is 12.3. The first kappa shape index (κ1) is 12.8. The van der Waals surface area contributed by atoms with Crippen LogP contribution in [0.1, 0.15) is 19.4 Å². The lowest BCUT2D eigenvalue weighted by molar-refractivity contribution is -0.144. The normalized spacial score (nSPS) is 11.2. The highest BCUT2D eigenvalue weighted by Crippen LogP contribution is 2.28. The molecule has 0 unspecified atom stereocenters. The molecule has 0 bridgehead atoms. The smallest absolute Gasteiger partial charge is 0.313 e. The van der Waals surface area contributed by atoms with Crippen LogP contribution in [0.5, 0.6) is 0 Å². The van der Waals surface area contributed by atoms with Gasteiger partial charge < -0.3 is 5.11 Å². The molecule has 16 heavy (non-hydrogen) atoms. The Morgan fingerprint density at radius 3 is 2.31 bits per heavy atom. The van der Waals surface area contributed by atoms with E-state index < -0.39 is 11.4 Å². The van der Waals surface area contributed by atoms with Crippen LogP contribution in [0.2, 0.25) is 5.02 Å². The van der Waals surface area contributed by atoms with E-state index in [1.807, 2.05) is 12.1 Å². The van der Waals surface area contributed by atoms with Gasteiger partial charge in [-0.3, -0.25) is 4.79 Å². The van der Waals surface area contributed by atoms with E-state index in [0.29, 0.717) is 17.0 Å². The Kier molecular flexibility index (Phi) is 3.76. The number of halogens is 1. The molecule has 0 radical (unpaired) electrons. The molecule has 2 nitrogen and oxygen atoms in total. The molecule has 0 saturated heterocycles. The molecule has 0 heterocycles. The van der Waals surface area contributed by atoms with Crippen molar-refractivity contribution in [2.75, 3.05) is 0 Å². The first-order valence-corrected chi connectivity index (χ1v) is 5.38. The Bertz CT molecular complexity index is 404. The highest BCUT2D eigenvalue weighted by Gasteiger charge is 2.30. The molecule has 0 atom stereocenters. The fourth-order valence-corrected chi connectivity index (χ4v) is 1.35. The maximum atomic E-state index is 11.0. The van der Waals surface area contributed by atoms with Crippen LogP contribution in [-0.4, -0.2) is 11.1 Å². The molecule has 0 amide bonds. The molecule has 0 aromatic heterocycles. The van der Waals surface area contributed by atoms with Crippen molar-refractivity contribution in [3.8, 4) is 0 Å². The average molecular weight is 239 g/mol. The zero-order valence-corrected chi connectivity index (χ0v) is 10.2. The van der Waals surface area contributed by atoms with Gasteiger partial charge in [-0.1, -0.05) is 35.9 Å². The van der Waals surface area contributed by atoms with Gasteiger partial charge in [-0.25, -0.2) is 0 Å². The Hall–Kier alpha value is -1.28. The molecule has 1 N–H and O–H groups in total. The van der Waals surface area contributed by atoms with Crippen LogP contribution in [0.15, 0.2) is 36.4 Å². The Morgan fingerprint density at radius 1 is 1.38 bits per heavy atom. The van der Waals surface area contributed by atoms with Gasteiger partial charge in [0, 0.05) is 5.02 Å². The van der Waals surface area contributed by atoms with E-state index in [4.69, 9.17) is 16.7 Å². The first-order valence-electron chi connectivity index (χ1n) is 5.00. The predicted octanol–water partition coefficient (Wildman–Crippen LogP) is 3.55. The van der Waals surface area contributed by atoms with Gasteiger partial charge in [-0.15, -0.1) is 0 Å². The fraction of sp³-hybridized carbons (Fsp3) is 0.308. The summed E-state index contributed by atoms with van der Waals surface area (Å²) in [6.07, 6.45) is 0.552. The highest BCUT2D eigenvalue weighted by molar-refractivity contribution is 6.30. The second kappa shape index (κ2) is 4.71. The standard InChI is InChI=1S/C13H15ClO2/c1-9(13(2,3)12(15)16)8-10-4-6-11(14)7-5-10/h4-7H,1,8H2,2-3H3,(H,15,16). The second-order valence-electron chi connectivity index (χ2n) is 4.34. The SMILES string of the molecule is C=C(Cc1ccc(Cl)cc1)C(C)(C)C(=O)O. The number of carbonyl (C=O) groups is 1. The van der Waals surface area contributed by atoms with Gasteiger partial charge in [0.25, 0.3) is 0 Å². The summed E-state index contributed by atoms with van der Waals surface area (Å²) in [7, 11) is 0. The van der Waals surface area contributed by atoms with Gasteiger partial charge in [0.1, 0.15) is 0 Å². The first-order chi connectivity index (χ1) is 7.34. The van der Waals surface area contributed by atoms with Crippen LogP contribution >= 0.6 is 11.6 Å². The number of carboxylic acid groups (broad SMARTS) is 1. The monoisotopic (exact) mass is 238 g/mol. The molecule has 1 aromatic carbocycles. The summed E-state index contributed by atoms with van der Waals surface area (Å²) in [5.41, 5.74) is 0.797. The maximum absolute atomic E-state index is 11.0. The van der Waals surface area contributed by atoms with Gasteiger partial charge in [-0.05, 0) is 38.0 Å². The average Bonchev–Trinajstić information content (AvgIpc) is 2.21. The van der Waals surface area contributed by atoms with Crippen molar-refractivity contribution in [1.29, 1.82) is 0 Å². The van der Waals surface area contributed by atoms with Crippen molar-refractivity contribution >= 4 is 17.6 Å². The quantitative estimate of drug-likeness (QED) is 0.815. The van der Waals surface area contributed by atoms with Crippen molar-refractivity contribution in [3.05, 3.63) is 47.0 Å². The van der Waals surface area contributed by atoms with Crippen LogP contribution in [0, 0.1) is 5.41 Å². The molecule has 0 aliphatic carbocycles. The molecular formula is C13H15ClO2. The third-order valence-electron chi connectivity index (χ3n) is 2.75. The molecule has 0 aliphatic heterocycles. The summed E-state index contributed by atoms with van der Waals surface area (Å²) in [5, 5.41) is 9.72. The summed E-state index contributed by atoms with van der Waals surface area (Å²) >= 11 is 5.77. The summed E-state index contributed by atoms with van der Waals surface area (Å²) in [4.78, 5) is 11.0. The van der Waals surface area contributed by atoms with E-state index in [2.05, 4.69) is 6.58 Å².